The van der Waals surface area contributed by atoms with Gasteiger partial charge in [0.1, 0.15) is 5.02 Å². The van der Waals surface area contributed by atoms with Gasteiger partial charge in [0.05, 0.1) is 4.92 Å². The molecule has 2 aromatic rings. The van der Waals surface area contributed by atoms with Crippen LogP contribution in [0.5, 0.6) is 0 Å². The maximum Gasteiger partial charge on any atom is 0.288 e. The molecule has 3 rings (SSSR count). The standard InChI is InChI=1S/C20H15Cl2NO3S/c1-12-6-13(2-4-17(12)21)7-15-10-27-11-16(20(15)24)8-14-3-5-18(22)19(9-14)23(25)26/h2-9H,10-11H2,1H3/b15-7+,16-8+. The molecule has 1 heterocycles. The molecule has 1 aliphatic heterocycles. The average Bonchev–Trinajstić information content (AvgIpc) is 2.63. The van der Waals surface area contributed by atoms with Gasteiger partial charge in [-0.25, -0.2) is 0 Å². The summed E-state index contributed by atoms with van der Waals surface area (Å²) in [6.07, 6.45) is 3.56. The molecule has 0 spiro atoms. The molecular formula is C20H15Cl2NO3S. The fourth-order valence-corrected chi connectivity index (χ4v) is 4.02. The lowest BCUT2D eigenvalue weighted by Crippen LogP contribution is -2.16. The fourth-order valence-electron chi connectivity index (χ4n) is 2.74. The molecule has 2 aromatic carbocycles. The molecule has 0 saturated carbocycles. The van der Waals surface area contributed by atoms with Crippen molar-refractivity contribution in [1.29, 1.82) is 0 Å². The molecule has 1 aliphatic rings. The zero-order valence-electron chi connectivity index (χ0n) is 14.4. The van der Waals surface area contributed by atoms with E-state index in [2.05, 4.69) is 0 Å². The van der Waals surface area contributed by atoms with Gasteiger partial charge in [0, 0.05) is 33.7 Å². The Morgan fingerprint density at radius 3 is 2.11 bits per heavy atom. The van der Waals surface area contributed by atoms with Crippen LogP contribution in [0.4, 0.5) is 5.69 Å². The van der Waals surface area contributed by atoms with Gasteiger partial charge in [0.2, 0.25) is 0 Å². The molecule has 0 N–H and O–H groups in total. The highest BCUT2D eigenvalue weighted by Crippen LogP contribution is 2.30. The SMILES string of the molecule is Cc1cc(/C=C2\CSC/C(=C\c3ccc(Cl)c([N+](=O)[O-])c3)C2=O)ccc1Cl. The van der Waals surface area contributed by atoms with Crippen molar-refractivity contribution in [2.24, 2.45) is 0 Å². The van der Waals surface area contributed by atoms with E-state index in [0.29, 0.717) is 33.2 Å². The number of hydrogen-bond acceptors (Lipinski definition) is 4. The largest absolute Gasteiger partial charge is 0.289 e. The van der Waals surface area contributed by atoms with Gasteiger partial charge >= 0.3 is 0 Å². The van der Waals surface area contributed by atoms with Crippen molar-refractivity contribution in [2.75, 3.05) is 11.5 Å². The molecule has 0 radical (unpaired) electrons. The third-order valence-corrected chi connectivity index (χ3v) is 5.90. The molecule has 0 amide bonds. The van der Waals surface area contributed by atoms with Crippen LogP contribution in [0, 0.1) is 17.0 Å². The second-order valence-corrected chi connectivity index (χ2v) is 7.94. The second-order valence-electron chi connectivity index (χ2n) is 6.14. The predicted molar refractivity (Wildman–Crippen MR) is 113 cm³/mol. The number of nitro benzene ring substituents is 1. The van der Waals surface area contributed by atoms with Gasteiger partial charge in [-0.1, -0.05) is 41.4 Å². The highest BCUT2D eigenvalue weighted by molar-refractivity contribution is 7.99. The van der Waals surface area contributed by atoms with E-state index in [-0.39, 0.29) is 16.5 Å². The Kier molecular flexibility index (Phi) is 6.05. The van der Waals surface area contributed by atoms with E-state index in [1.807, 2.05) is 31.2 Å². The molecule has 27 heavy (non-hydrogen) atoms. The van der Waals surface area contributed by atoms with Crippen LogP contribution in [0.15, 0.2) is 47.5 Å². The number of benzene rings is 2. The number of carbonyl (C=O) groups is 1. The molecule has 7 heteroatoms. The third-order valence-electron chi connectivity index (χ3n) is 4.13. The molecule has 0 unspecified atom stereocenters. The first kappa shape index (κ1) is 19.7. The molecule has 0 aliphatic carbocycles. The fraction of sp³-hybridized carbons (Fsp3) is 0.150. The lowest BCUT2D eigenvalue weighted by molar-refractivity contribution is -0.384. The molecule has 0 aromatic heterocycles. The van der Waals surface area contributed by atoms with Gasteiger partial charge in [-0.15, -0.1) is 0 Å². The molecule has 138 valence electrons. The Balaban J connectivity index is 1.91. The van der Waals surface area contributed by atoms with E-state index < -0.39 is 4.92 Å². The highest BCUT2D eigenvalue weighted by atomic mass is 35.5. The first-order valence-electron chi connectivity index (χ1n) is 8.09. The number of hydrogen-bond donors (Lipinski definition) is 0. The van der Waals surface area contributed by atoms with Crippen LogP contribution in [0.2, 0.25) is 10.0 Å². The van der Waals surface area contributed by atoms with Gasteiger partial charge in [-0.2, -0.15) is 11.8 Å². The first-order chi connectivity index (χ1) is 12.8. The van der Waals surface area contributed by atoms with Gasteiger partial charge in [-0.3, -0.25) is 14.9 Å². The zero-order chi connectivity index (χ0) is 19.6. The number of ketones is 1. The van der Waals surface area contributed by atoms with Crippen LogP contribution in [-0.4, -0.2) is 22.2 Å². The number of carbonyl (C=O) groups excluding carboxylic acids is 1. The molecule has 0 atom stereocenters. The Bertz CT molecular complexity index is 999. The maximum atomic E-state index is 12.8. The number of nitrogens with zero attached hydrogens (tertiary/aromatic N) is 1. The van der Waals surface area contributed by atoms with Crippen molar-refractivity contribution in [2.45, 2.75) is 6.92 Å². The summed E-state index contributed by atoms with van der Waals surface area (Å²) >= 11 is 13.5. The Morgan fingerprint density at radius 2 is 1.56 bits per heavy atom. The number of aryl methyl sites for hydroxylation is 1. The Hall–Kier alpha value is -2.08. The van der Waals surface area contributed by atoms with Gasteiger partial charge in [0.15, 0.2) is 5.78 Å². The first-order valence-corrected chi connectivity index (χ1v) is 10.00. The third kappa shape index (κ3) is 4.61. The summed E-state index contributed by atoms with van der Waals surface area (Å²) in [4.78, 5) is 23.4. The summed E-state index contributed by atoms with van der Waals surface area (Å²) in [5.41, 5.74) is 3.59. The minimum atomic E-state index is -0.532. The number of rotatable bonds is 3. The van der Waals surface area contributed by atoms with Crippen LogP contribution in [0.1, 0.15) is 16.7 Å². The number of halogens is 2. The van der Waals surface area contributed by atoms with Gasteiger partial charge in [0.25, 0.3) is 5.69 Å². The van der Waals surface area contributed by atoms with E-state index in [0.717, 1.165) is 11.1 Å². The monoisotopic (exact) mass is 419 g/mol. The minimum absolute atomic E-state index is 0.0426. The van der Waals surface area contributed by atoms with Crippen LogP contribution in [-0.2, 0) is 4.79 Å². The summed E-state index contributed by atoms with van der Waals surface area (Å²) < 4.78 is 0. The van der Waals surface area contributed by atoms with Crippen LogP contribution < -0.4 is 0 Å². The summed E-state index contributed by atoms with van der Waals surface area (Å²) in [6, 6.07) is 10.1. The Morgan fingerprint density at radius 1 is 1.00 bits per heavy atom. The quantitative estimate of drug-likeness (QED) is 0.348. The lowest BCUT2D eigenvalue weighted by atomic mass is 10.00. The Labute approximate surface area is 171 Å². The number of nitro groups is 1. The maximum absolute atomic E-state index is 12.8. The molecule has 4 nitrogen and oxygen atoms in total. The van der Waals surface area contributed by atoms with Crippen molar-refractivity contribution in [3.8, 4) is 0 Å². The highest BCUT2D eigenvalue weighted by Gasteiger charge is 2.21. The van der Waals surface area contributed by atoms with E-state index >= 15 is 0 Å². The van der Waals surface area contributed by atoms with E-state index in [4.69, 9.17) is 23.2 Å². The van der Waals surface area contributed by atoms with Gasteiger partial charge < -0.3 is 0 Å². The van der Waals surface area contributed by atoms with E-state index in [9.17, 15) is 14.9 Å². The zero-order valence-corrected chi connectivity index (χ0v) is 16.7. The van der Waals surface area contributed by atoms with Crippen molar-refractivity contribution in [3.05, 3.63) is 84.4 Å². The topological polar surface area (TPSA) is 60.2 Å². The summed E-state index contributed by atoms with van der Waals surface area (Å²) in [5, 5.41) is 11.8. The lowest BCUT2D eigenvalue weighted by Gasteiger charge is -2.16. The molecule has 1 saturated heterocycles. The average molecular weight is 420 g/mol. The minimum Gasteiger partial charge on any atom is -0.289 e. The smallest absolute Gasteiger partial charge is 0.288 e. The number of Topliss-reactive ketones (excluding diaryl/α,β-unsaturated/α-hetero) is 1. The summed E-state index contributed by atoms with van der Waals surface area (Å²) in [7, 11) is 0. The van der Waals surface area contributed by atoms with Crippen molar-refractivity contribution < 1.29 is 9.72 Å². The van der Waals surface area contributed by atoms with Crippen LogP contribution in [0.3, 0.4) is 0 Å². The normalized spacial score (nSPS) is 17.5. The van der Waals surface area contributed by atoms with Crippen LogP contribution >= 0.6 is 35.0 Å². The van der Waals surface area contributed by atoms with Crippen LogP contribution in [0.25, 0.3) is 12.2 Å². The second kappa shape index (κ2) is 8.30. The number of thioether (sulfide) groups is 1. The summed E-state index contributed by atoms with van der Waals surface area (Å²) in [5.74, 6) is 1.14. The molecule has 1 fully saturated rings. The molecule has 0 bridgehead atoms. The molecular weight excluding hydrogens is 405 g/mol. The van der Waals surface area contributed by atoms with E-state index in [1.54, 1.807) is 23.9 Å². The predicted octanol–water partition coefficient (Wildman–Crippen LogP) is 5.99. The van der Waals surface area contributed by atoms with Crippen molar-refractivity contribution in [3.63, 3.8) is 0 Å². The van der Waals surface area contributed by atoms with Gasteiger partial charge in [-0.05, 0) is 47.9 Å². The summed E-state index contributed by atoms with van der Waals surface area (Å²) in [6.45, 7) is 1.92. The van der Waals surface area contributed by atoms with Crippen molar-refractivity contribution in [1.82, 2.24) is 0 Å². The van der Waals surface area contributed by atoms with E-state index in [1.165, 1.54) is 12.1 Å². The van der Waals surface area contributed by atoms with Crippen molar-refractivity contribution >= 4 is 58.6 Å².